The number of nitrogens with two attached hydrogens (primary N) is 1. The molecule has 1 atom stereocenters. The van der Waals surface area contributed by atoms with Gasteiger partial charge in [-0.25, -0.2) is 0 Å². The van der Waals surface area contributed by atoms with Crippen LogP contribution >= 0.6 is 0 Å². The van der Waals surface area contributed by atoms with Gasteiger partial charge in [0, 0.05) is 43.5 Å². The van der Waals surface area contributed by atoms with Crippen LogP contribution < -0.4 is 10.6 Å². The zero-order valence-electron chi connectivity index (χ0n) is 12.1. The quantitative estimate of drug-likeness (QED) is 0.281. The molecule has 0 aromatic heterocycles. The summed E-state index contributed by atoms with van der Waals surface area (Å²) in [5.74, 6) is -0.125. The number of piperazine rings is 1. The first-order valence-electron chi connectivity index (χ1n) is 6.65. The lowest BCUT2D eigenvalue weighted by Crippen LogP contribution is -2.50. The highest BCUT2D eigenvalue weighted by molar-refractivity contribution is 6.02. The molecule has 1 aliphatic rings. The Morgan fingerprint density at radius 3 is 2.81 bits per heavy atom. The number of hydrogen-bond donors (Lipinski definition) is 2. The highest BCUT2D eigenvalue weighted by atomic mass is 16.6. The van der Waals surface area contributed by atoms with Crippen molar-refractivity contribution in [2.75, 3.05) is 31.6 Å². The molecule has 0 amide bonds. The van der Waals surface area contributed by atoms with Gasteiger partial charge in [-0.05, 0) is 20.0 Å². The molecule has 0 radical (unpaired) electrons. The molecule has 1 aliphatic heterocycles. The van der Waals surface area contributed by atoms with E-state index in [1.54, 1.807) is 6.07 Å². The number of non-ortho nitro benzene ring substituents is 1. The third kappa shape index (κ3) is 3.05. The lowest BCUT2D eigenvalue weighted by molar-refractivity contribution is -0.384. The van der Waals surface area contributed by atoms with Crippen molar-refractivity contribution in [3.63, 3.8) is 0 Å². The summed E-state index contributed by atoms with van der Waals surface area (Å²) in [5, 5.41) is 22.8. The second kappa shape index (κ2) is 5.96. The van der Waals surface area contributed by atoms with E-state index in [-0.39, 0.29) is 11.5 Å². The maximum atomic E-state index is 10.9. The second-order valence-electron chi connectivity index (χ2n) is 5.22. The zero-order chi connectivity index (χ0) is 15.6. The Hall–Kier alpha value is -2.35. The van der Waals surface area contributed by atoms with Gasteiger partial charge >= 0.3 is 0 Å². The summed E-state index contributed by atoms with van der Waals surface area (Å²) in [6, 6.07) is 4.79. The molecular weight excluding hydrogens is 274 g/mol. The Kier molecular flexibility index (Phi) is 4.27. The van der Waals surface area contributed by atoms with Crippen LogP contribution in [0.15, 0.2) is 23.4 Å². The molecule has 0 spiro atoms. The van der Waals surface area contributed by atoms with Gasteiger partial charge in [-0.1, -0.05) is 5.16 Å². The summed E-state index contributed by atoms with van der Waals surface area (Å²) in [6.07, 6.45) is 0. The number of nitro groups is 1. The van der Waals surface area contributed by atoms with E-state index in [1.165, 1.54) is 12.1 Å². The first-order valence-corrected chi connectivity index (χ1v) is 6.65. The normalized spacial score (nSPS) is 20.6. The number of rotatable bonds is 3. The molecule has 0 bridgehead atoms. The second-order valence-corrected chi connectivity index (χ2v) is 5.22. The van der Waals surface area contributed by atoms with Gasteiger partial charge in [0.1, 0.15) is 0 Å². The number of amidine groups is 1. The van der Waals surface area contributed by atoms with Crippen LogP contribution in [0.2, 0.25) is 0 Å². The van der Waals surface area contributed by atoms with Crippen molar-refractivity contribution in [1.82, 2.24) is 4.90 Å². The average molecular weight is 293 g/mol. The van der Waals surface area contributed by atoms with Crippen LogP contribution in [0.3, 0.4) is 0 Å². The topological polar surface area (TPSA) is 108 Å². The number of benzene rings is 1. The molecule has 1 aromatic carbocycles. The van der Waals surface area contributed by atoms with E-state index >= 15 is 0 Å². The summed E-state index contributed by atoms with van der Waals surface area (Å²) < 4.78 is 0. The first-order chi connectivity index (χ1) is 9.93. The molecule has 1 saturated heterocycles. The maximum Gasteiger partial charge on any atom is 0.270 e. The van der Waals surface area contributed by atoms with E-state index < -0.39 is 4.92 Å². The fourth-order valence-corrected chi connectivity index (χ4v) is 2.44. The first kappa shape index (κ1) is 15.0. The van der Waals surface area contributed by atoms with E-state index in [0.717, 1.165) is 25.3 Å². The van der Waals surface area contributed by atoms with Gasteiger partial charge < -0.3 is 20.7 Å². The van der Waals surface area contributed by atoms with Gasteiger partial charge in [-0.3, -0.25) is 10.1 Å². The number of hydrogen-bond acceptors (Lipinski definition) is 6. The third-order valence-corrected chi connectivity index (χ3v) is 3.88. The van der Waals surface area contributed by atoms with Crippen LogP contribution in [0.5, 0.6) is 0 Å². The molecule has 8 heteroatoms. The molecule has 1 fully saturated rings. The number of nitro benzene ring substituents is 1. The Morgan fingerprint density at radius 2 is 2.24 bits per heavy atom. The van der Waals surface area contributed by atoms with Gasteiger partial charge in [0.05, 0.1) is 10.5 Å². The molecule has 1 heterocycles. The van der Waals surface area contributed by atoms with Crippen molar-refractivity contribution >= 4 is 17.2 Å². The van der Waals surface area contributed by atoms with Crippen molar-refractivity contribution in [3.05, 3.63) is 33.9 Å². The van der Waals surface area contributed by atoms with Crippen molar-refractivity contribution in [2.24, 2.45) is 10.9 Å². The van der Waals surface area contributed by atoms with Crippen molar-refractivity contribution < 1.29 is 10.1 Å². The van der Waals surface area contributed by atoms with Crippen molar-refractivity contribution in [2.45, 2.75) is 13.0 Å². The lowest BCUT2D eigenvalue weighted by atomic mass is 10.1. The third-order valence-electron chi connectivity index (χ3n) is 3.88. The van der Waals surface area contributed by atoms with Gasteiger partial charge in [0.2, 0.25) is 0 Å². The number of nitrogens with zero attached hydrogens (tertiary/aromatic N) is 4. The van der Waals surface area contributed by atoms with E-state index in [2.05, 4.69) is 28.9 Å². The fourth-order valence-electron chi connectivity index (χ4n) is 2.44. The zero-order valence-corrected chi connectivity index (χ0v) is 12.1. The molecule has 3 N–H and O–H groups in total. The molecule has 2 rings (SSSR count). The predicted molar refractivity (Wildman–Crippen MR) is 79.9 cm³/mol. The van der Waals surface area contributed by atoms with E-state index in [4.69, 9.17) is 10.9 Å². The summed E-state index contributed by atoms with van der Waals surface area (Å²) in [4.78, 5) is 14.7. The lowest BCUT2D eigenvalue weighted by Gasteiger charge is -2.39. The summed E-state index contributed by atoms with van der Waals surface area (Å²) in [5.41, 5.74) is 6.72. The van der Waals surface area contributed by atoms with Crippen LogP contribution in [0.25, 0.3) is 0 Å². The summed E-state index contributed by atoms with van der Waals surface area (Å²) in [7, 11) is 2.06. The smallest absolute Gasteiger partial charge is 0.270 e. The highest BCUT2D eigenvalue weighted by Gasteiger charge is 2.24. The minimum Gasteiger partial charge on any atom is -0.409 e. The number of anilines is 1. The minimum atomic E-state index is -0.495. The van der Waals surface area contributed by atoms with Crippen LogP contribution in [-0.2, 0) is 0 Å². The predicted octanol–water partition coefficient (Wildman–Crippen LogP) is 0.830. The van der Waals surface area contributed by atoms with Crippen molar-refractivity contribution in [1.29, 1.82) is 0 Å². The molecular formula is C13H19N5O3. The Bertz CT molecular complexity index is 575. The summed E-state index contributed by atoms with van der Waals surface area (Å²) in [6.45, 7) is 4.55. The summed E-state index contributed by atoms with van der Waals surface area (Å²) >= 11 is 0. The molecule has 0 saturated carbocycles. The standard InChI is InChI=1S/C13H19N5O3/c1-9-8-17(6-5-16(9)2)12-4-3-10(18(20)21)7-11(12)13(14)15-19/h3-4,7,9,19H,5-6,8H2,1-2H3,(H2,14,15). The molecule has 1 unspecified atom stereocenters. The number of likely N-dealkylation sites (N-methyl/N-ethyl adjacent to an activating group) is 1. The average Bonchev–Trinajstić information content (AvgIpc) is 2.48. The van der Waals surface area contributed by atoms with E-state index in [9.17, 15) is 10.1 Å². The van der Waals surface area contributed by atoms with E-state index in [1.807, 2.05) is 0 Å². The van der Waals surface area contributed by atoms with Gasteiger partial charge in [-0.2, -0.15) is 0 Å². The molecule has 1 aromatic rings. The van der Waals surface area contributed by atoms with Crippen LogP contribution in [0, 0.1) is 10.1 Å². The molecule has 21 heavy (non-hydrogen) atoms. The Labute approximate surface area is 122 Å². The Balaban J connectivity index is 2.41. The van der Waals surface area contributed by atoms with Crippen LogP contribution in [-0.4, -0.2) is 53.6 Å². The SMILES string of the molecule is CC1CN(c2ccc([N+](=O)[O-])cc2C(N)=NO)CCN1C. The van der Waals surface area contributed by atoms with Crippen LogP contribution in [0.1, 0.15) is 12.5 Å². The molecule has 0 aliphatic carbocycles. The minimum absolute atomic E-state index is 0.0810. The van der Waals surface area contributed by atoms with Crippen LogP contribution in [0.4, 0.5) is 11.4 Å². The van der Waals surface area contributed by atoms with Gasteiger partial charge in [0.15, 0.2) is 5.84 Å². The highest BCUT2D eigenvalue weighted by Crippen LogP contribution is 2.27. The fraction of sp³-hybridized carbons (Fsp3) is 0.462. The van der Waals surface area contributed by atoms with Gasteiger partial charge in [-0.15, -0.1) is 0 Å². The van der Waals surface area contributed by atoms with E-state index in [0.29, 0.717) is 11.6 Å². The van der Waals surface area contributed by atoms with Gasteiger partial charge in [0.25, 0.3) is 5.69 Å². The Morgan fingerprint density at radius 1 is 1.52 bits per heavy atom. The molecule has 8 nitrogen and oxygen atoms in total. The number of oxime groups is 1. The van der Waals surface area contributed by atoms with Crippen molar-refractivity contribution in [3.8, 4) is 0 Å². The molecule has 114 valence electrons. The maximum absolute atomic E-state index is 10.9. The monoisotopic (exact) mass is 293 g/mol. The largest absolute Gasteiger partial charge is 0.409 e.